The molecule has 0 unspecified atom stereocenters. The van der Waals surface area contributed by atoms with E-state index in [1.165, 1.54) is 0 Å². The van der Waals surface area contributed by atoms with Gasteiger partial charge in [0.05, 0.1) is 33.0 Å². The molecule has 0 saturated heterocycles. The molecule has 22 heavy (non-hydrogen) atoms. The minimum atomic E-state index is -1.20. The fourth-order valence-corrected chi connectivity index (χ4v) is 0.543. The van der Waals surface area contributed by atoms with E-state index < -0.39 is 17.8 Å². The molecule has 0 amide bonds. The van der Waals surface area contributed by atoms with E-state index in [9.17, 15) is 0 Å². The smallest absolute Gasteiger partial charge is 0.156 e. The second kappa shape index (κ2) is 14.3. The summed E-state index contributed by atoms with van der Waals surface area (Å²) in [5, 5.41) is 66.9. The third kappa shape index (κ3) is 14.6. The predicted octanol–water partition coefficient (Wildman–Crippen LogP) is -1.97. The molecular weight excluding hydrogens is 296 g/mol. The molecule has 0 saturated carbocycles. The highest BCUT2D eigenvalue weighted by molar-refractivity contribution is 4.74. The van der Waals surface area contributed by atoms with Crippen molar-refractivity contribution in [2.24, 2.45) is 10.8 Å². The lowest BCUT2D eigenvalue weighted by molar-refractivity contribution is -0.113. The average molecular weight is 330 g/mol. The van der Waals surface area contributed by atoms with E-state index in [2.05, 4.69) is 0 Å². The molecule has 0 aromatic heterocycles. The summed E-state index contributed by atoms with van der Waals surface area (Å²) in [4.78, 5) is 0. The molecule has 0 fully saturated rings. The van der Waals surface area contributed by atoms with Crippen LogP contribution < -0.4 is 0 Å². The molecule has 0 radical (unpaired) electrons. The van der Waals surface area contributed by atoms with E-state index in [0.29, 0.717) is 6.42 Å². The van der Waals surface area contributed by atoms with Crippen LogP contribution in [0, 0.1) is 10.8 Å². The van der Waals surface area contributed by atoms with Crippen LogP contribution >= 0.6 is 0 Å². The van der Waals surface area contributed by atoms with E-state index in [1.54, 1.807) is 20.8 Å². The lowest BCUT2D eigenvalue weighted by atomic mass is 9.88. The Morgan fingerprint density at radius 1 is 0.727 bits per heavy atom. The first-order valence-corrected chi connectivity index (χ1v) is 7.08. The third-order valence-electron chi connectivity index (χ3n) is 2.95. The Balaban J connectivity index is -0.000000252. The third-order valence-corrected chi connectivity index (χ3v) is 2.95. The standard InChI is InChI=1S/C6H14O3.C5H12O2.C3H8O3/c1-2-6(3-7,4-8)5-9;1-5(2,3)4(6)7;4-1-3(6)2-5/h7-9H,2-5H2,1H3;4,6-7H,1-3H3;3-6H,1-2H2. The van der Waals surface area contributed by atoms with Crippen molar-refractivity contribution >= 4 is 0 Å². The van der Waals surface area contributed by atoms with Gasteiger partial charge in [0.2, 0.25) is 0 Å². The maximum atomic E-state index is 8.66. The first-order chi connectivity index (χ1) is 9.99. The highest BCUT2D eigenvalue weighted by Gasteiger charge is 2.24. The Hall–Kier alpha value is -0.320. The summed E-state index contributed by atoms with van der Waals surface area (Å²) in [6, 6.07) is 0. The second-order valence-electron chi connectivity index (χ2n) is 6.09. The van der Waals surface area contributed by atoms with Gasteiger partial charge in [-0.1, -0.05) is 27.7 Å². The quantitative estimate of drug-likeness (QED) is 0.260. The van der Waals surface area contributed by atoms with Crippen LogP contribution in [0.15, 0.2) is 0 Å². The Labute approximate surface area is 132 Å². The van der Waals surface area contributed by atoms with Crippen molar-refractivity contribution in [1.82, 2.24) is 0 Å². The normalized spacial score (nSPS) is 11.7. The van der Waals surface area contributed by atoms with Gasteiger partial charge in [-0.05, 0) is 6.42 Å². The summed E-state index contributed by atoms with van der Waals surface area (Å²) in [7, 11) is 0. The molecular formula is C14H34O8. The van der Waals surface area contributed by atoms with E-state index in [0.717, 1.165) is 0 Å². The van der Waals surface area contributed by atoms with E-state index in [-0.39, 0.29) is 38.4 Å². The van der Waals surface area contributed by atoms with Crippen molar-refractivity contribution in [2.75, 3.05) is 33.0 Å². The summed E-state index contributed by atoms with van der Waals surface area (Å²) in [5.41, 5.74) is -1.06. The van der Waals surface area contributed by atoms with Gasteiger partial charge < -0.3 is 40.9 Å². The van der Waals surface area contributed by atoms with Gasteiger partial charge in [0.1, 0.15) is 6.10 Å². The minimum absolute atomic E-state index is 0.156. The maximum absolute atomic E-state index is 8.66. The van der Waals surface area contributed by atoms with Gasteiger partial charge in [-0.3, -0.25) is 0 Å². The fourth-order valence-electron chi connectivity index (χ4n) is 0.543. The zero-order chi connectivity index (χ0) is 18.4. The van der Waals surface area contributed by atoms with Crippen LogP contribution in [0.25, 0.3) is 0 Å². The number of aliphatic hydroxyl groups is 8. The molecule has 0 spiro atoms. The molecule has 0 aromatic rings. The number of hydrogen-bond acceptors (Lipinski definition) is 8. The highest BCUT2D eigenvalue weighted by Crippen LogP contribution is 2.18. The van der Waals surface area contributed by atoms with E-state index in [4.69, 9.17) is 40.9 Å². The van der Waals surface area contributed by atoms with Crippen LogP contribution in [0.1, 0.15) is 34.1 Å². The Morgan fingerprint density at radius 3 is 1.00 bits per heavy atom. The van der Waals surface area contributed by atoms with Gasteiger partial charge in [-0.25, -0.2) is 0 Å². The largest absolute Gasteiger partial charge is 0.396 e. The Morgan fingerprint density at radius 2 is 1.00 bits per heavy atom. The molecule has 8 nitrogen and oxygen atoms in total. The van der Waals surface area contributed by atoms with Crippen molar-refractivity contribution in [1.29, 1.82) is 0 Å². The van der Waals surface area contributed by atoms with Gasteiger partial charge in [0, 0.05) is 10.8 Å². The van der Waals surface area contributed by atoms with Gasteiger partial charge >= 0.3 is 0 Å². The van der Waals surface area contributed by atoms with Gasteiger partial charge in [0.25, 0.3) is 0 Å². The molecule has 0 bridgehead atoms. The monoisotopic (exact) mass is 330 g/mol. The zero-order valence-electron chi connectivity index (χ0n) is 14.0. The van der Waals surface area contributed by atoms with Gasteiger partial charge in [-0.2, -0.15) is 0 Å². The van der Waals surface area contributed by atoms with Gasteiger partial charge in [0.15, 0.2) is 6.29 Å². The fraction of sp³-hybridized carbons (Fsp3) is 1.00. The van der Waals surface area contributed by atoms with E-state index >= 15 is 0 Å². The number of hydrogen-bond donors (Lipinski definition) is 8. The topological polar surface area (TPSA) is 162 Å². The molecule has 0 aliphatic rings. The predicted molar refractivity (Wildman–Crippen MR) is 81.8 cm³/mol. The van der Waals surface area contributed by atoms with Crippen LogP contribution in [0.5, 0.6) is 0 Å². The van der Waals surface area contributed by atoms with Crippen LogP contribution in [-0.4, -0.2) is 86.3 Å². The van der Waals surface area contributed by atoms with E-state index in [1.807, 2.05) is 6.92 Å². The molecule has 0 rings (SSSR count). The minimum Gasteiger partial charge on any atom is -0.396 e. The summed E-state index contributed by atoms with van der Waals surface area (Å²) in [6.07, 6.45) is -1.56. The summed E-state index contributed by atoms with van der Waals surface area (Å²) in [6.45, 7) is 5.91. The van der Waals surface area contributed by atoms with Crippen molar-refractivity contribution in [3.63, 3.8) is 0 Å². The molecule has 8 heteroatoms. The Kier molecular flexibility index (Phi) is 17.3. The van der Waals surface area contributed by atoms with Crippen LogP contribution in [0.2, 0.25) is 0 Å². The lowest BCUT2D eigenvalue weighted by Crippen LogP contribution is -2.32. The van der Waals surface area contributed by atoms with Gasteiger partial charge in [-0.15, -0.1) is 0 Å². The van der Waals surface area contributed by atoms with Crippen molar-refractivity contribution in [3.05, 3.63) is 0 Å². The molecule has 8 N–H and O–H groups in total. The summed E-state index contributed by atoms with van der Waals surface area (Å²) >= 11 is 0. The molecule has 0 heterocycles. The highest BCUT2D eigenvalue weighted by atomic mass is 16.5. The summed E-state index contributed by atoms with van der Waals surface area (Å²) < 4.78 is 0. The molecule has 0 aliphatic carbocycles. The zero-order valence-corrected chi connectivity index (χ0v) is 14.0. The van der Waals surface area contributed by atoms with Crippen LogP contribution in [0.3, 0.4) is 0 Å². The molecule has 0 aromatic carbocycles. The van der Waals surface area contributed by atoms with Crippen molar-refractivity contribution in [3.8, 4) is 0 Å². The second-order valence-corrected chi connectivity index (χ2v) is 6.09. The first-order valence-electron chi connectivity index (χ1n) is 7.08. The Bertz CT molecular complexity index is 202. The maximum Gasteiger partial charge on any atom is 0.156 e. The van der Waals surface area contributed by atoms with Crippen LogP contribution in [0.4, 0.5) is 0 Å². The average Bonchev–Trinajstić information content (AvgIpc) is 2.49. The molecule has 138 valence electrons. The molecule has 0 aliphatic heterocycles. The summed E-state index contributed by atoms with van der Waals surface area (Å²) in [5.74, 6) is 0. The molecule has 0 atom stereocenters. The van der Waals surface area contributed by atoms with Crippen molar-refractivity contribution in [2.45, 2.75) is 46.5 Å². The number of aliphatic hydroxyl groups excluding tert-OH is 7. The van der Waals surface area contributed by atoms with Crippen molar-refractivity contribution < 1.29 is 40.9 Å². The number of rotatable bonds is 6. The first kappa shape index (κ1) is 26.6. The lowest BCUT2D eigenvalue weighted by Gasteiger charge is -2.24. The van der Waals surface area contributed by atoms with Crippen LogP contribution in [-0.2, 0) is 0 Å². The SMILES string of the molecule is CC(C)(C)C(O)O.CCC(CO)(CO)CO.OCC(O)CO.